The molecule has 0 atom stereocenters. The van der Waals surface area contributed by atoms with E-state index in [1.807, 2.05) is 0 Å². The molecule has 0 bridgehead atoms. The van der Waals surface area contributed by atoms with Crippen molar-refractivity contribution in [2.24, 2.45) is 0 Å². The predicted octanol–water partition coefficient (Wildman–Crippen LogP) is 12.4. The maximum atomic E-state index is 2.46. The average Bonchev–Trinajstić information content (AvgIpc) is 3.67. The van der Waals surface area contributed by atoms with Crippen LogP contribution in [0, 0.1) is 0 Å². The summed E-state index contributed by atoms with van der Waals surface area (Å²) in [5.41, 5.74) is 12.0. The van der Waals surface area contributed by atoms with Crippen LogP contribution in [0.25, 0.3) is 88.0 Å². The Morgan fingerprint density at radius 1 is 0.292 bits per heavy atom. The summed E-state index contributed by atoms with van der Waals surface area (Å²) in [7, 11) is 0. The summed E-state index contributed by atoms with van der Waals surface area (Å²) in [6, 6.07) is 66.2. The third-order valence-electron chi connectivity index (χ3n) is 9.92. The molecule has 0 aliphatic rings. The second kappa shape index (κ2) is 10.6. The van der Waals surface area contributed by atoms with Crippen molar-refractivity contribution in [3.8, 4) is 33.6 Å². The summed E-state index contributed by atoms with van der Waals surface area (Å²) in [4.78, 5) is 0. The lowest BCUT2D eigenvalue weighted by molar-refractivity contribution is 1.18. The first-order valence-corrected chi connectivity index (χ1v) is 16.5. The smallest absolute Gasteiger partial charge is 0.0547 e. The van der Waals surface area contributed by atoms with Crippen LogP contribution in [0.15, 0.2) is 182 Å². The fraction of sp³-hybridized carbons (Fsp3) is 0. The van der Waals surface area contributed by atoms with Gasteiger partial charge in [-0.3, -0.25) is 0 Å². The minimum Gasteiger partial charge on any atom is -0.309 e. The Morgan fingerprint density at radius 3 is 1.52 bits per heavy atom. The van der Waals surface area contributed by atoms with Crippen LogP contribution in [0.4, 0.5) is 0 Å². The molecular weight excluding hydrogens is 581 g/mol. The molecule has 0 aliphatic heterocycles. The van der Waals surface area contributed by atoms with Crippen molar-refractivity contribution in [2.75, 3.05) is 0 Å². The van der Waals surface area contributed by atoms with E-state index in [0.29, 0.717) is 0 Å². The molecule has 0 radical (unpaired) electrons. The van der Waals surface area contributed by atoms with Gasteiger partial charge in [-0.25, -0.2) is 0 Å². The van der Waals surface area contributed by atoms with Crippen molar-refractivity contribution in [3.05, 3.63) is 182 Å². The third-order valence-corrected chi connectivity index (χ3v) is 9.92. The first-order valence-electron chi connectivity index (χ1n) is 16.5. The largest absolute Gasteiger partial charge is 0.309 e. The molecule has 0 spiro atoms. The number of fused-ring (bicyclic) bond motifs is 7. The van der Waals surface area contributed by atoms with Crippen LogP contribution in [0.5, 0.6) is 0 Å². The molecule has 8 aromatic carbocycles. The highest BCUT2D eigenvalue weighted by Gasteiger charge is 2.18. The lowest BCUT2D eigenvalue weighted by atomic mass is 9.97. The lowest BCUT2D eigenvalue weighted by Crippen LogP contribution is -1.97. The van der Waals surface area contributed by atoms with Crippen molar-refractivity contribution >= 4 is 54.4 Å². The summed E-state index contributed by atoms with van der Waals surface area (Å²) in [6.45, 7) is 0. The van der Waals surface area contributed by atoms with E-state index in [0.717, 1.165) is 0 Å². The molecular formula is C46H30N2. The molecule has 2 heterocycles. The van der Waals surface area contributed by atoms with Crippen LogP contribution in [0.3, 0.4) is 0 Å². The van der Waals surface area contributed by atoms with E-state index >= 15 is 0 Å². The summed E-state index contributed by atoms with van der Waals surface area (Å²) >= 11 is 0. The molecule has 0 unspecified atom stereocenters. The first kappa shape index (κ1) is 26.8. The van der Waals surface area contributed by atoms with Crippen LogP contribution in [-0.2, 0) is 0 Å². The molecule has 0 N–H and O–H groups in total. The van der Waals surface area contributed by atoms with Gasteiger partial charge in [0.15, 0.2) is 0 Å². The minimum atomic E-state index is 1.17. The molecule has 0 amide bonds. The first-order chi connectivity index (χ1) is 23.8. The van der Waals surface area contributed by atoms with Gasteiger partial charge in [0, 0.05) is 32.8 Å². The van der Waals surface area contributed by atoms with Gasteiger partial charge in [-0.2, -0.15) is 0 Å². The van der Waals surface area contributed by atoms with Crippen LogP contribution in [-0.4, -0.2) is 9.13 Å². The molecule has 0 aliphatic carbocycles. The Morgan fingerprint density at radius 2 is 0.792 bits per heavy atom. The van der Waals surface area contributed by atoms with E-state index in [2.05, 4.69) is 191 Å². The molecule has 0 saturated heterocycles. The highest BCUT2D eigenvalue weighted by molar-refractivity contribution is 6.13. The highest BCUT2D eigenvalue weighted by atomic mass is 15.0. The Bertz CT molecular complexity index is 2830. The van der Waals surface area contributed by atoms with E-state index in [9.17, 15) is 0 Å². The summed E-state index contributed by atoms with van der Waals surface area (Å²) < 4.78 is 4.86. The zero-order valence-electron chi connectivity index (χ0n) is 26.2. The molecule has 0 saturated carbocycles. The lowest BCUT2D eigenvalue weighted by Gasteiger charge is -2.16. The third kappa shape index (κ3) is 4.00. The number of nitrogens with zero attached hydrogens (tertiary/aromatic N) is 2. The van der Waals surface area contributed by atoms with E-state index < -0.39 is 0 Å². The number of rotatable bonds is 4. The van der Waals surface area contributed by atoms with Crippen molar-refractivity contribution in [1.82, 2.24) is 9.13 Å². The summed E-state index contributed by atoms with van der Waals surface area (Å²) in [5.74, 6) is 0. The number of hydrogen-bond acceptors (Lipinski definition) is 0. The van der Waals surface area contributed by atoms with Crippen molar-refractivity contribution in [3.63, 3.8) is 0 Å². The molecule has 224 valence electrons. The van der Waals surface area contributed by atoms with E-state index in [-0.39, 0.29) is 0 Å². The minimum absolute atomic E-state index is 1.17. The van der Waals surface area contributed by atoms with Gasteiger partial charge in [-0.1, -0.05) is 140 Å². The molecule has 2 heteroatoms. The van der Waals surface area contributed by atoms with E-state index in [1.165, 1.54) is 88.0 Å². The summed E-state index contributed by atoms with van der Waals surface area (Å²) in [6.07, 6.45) is 0. The van der Waals surface area contributed by atoms with Gasteiger partial charge in [0.05, 0.1) is 27.8 Å². The number of aromatic nitrogens is 2. The molecule has 10 aromatic rings. The zero-order chi connectivity index (χ0) is 31.6. The van der Waals surface area contributed by atoms with Crippen LogP contribution < -0.4 is 0 Å². The Hall–Kier alpha value is -6.38. The van der Waals surface area contributed by atoms with Gasteiger partial charge in [-0.05, 0) is 69.9 Å². The quantitative estimate of drug-likeness (QED) is 0.188. The number of benzene rings is 8. The van der Waals surface area contributed by atoms with Gasteiger partial charge < -0.3 is 9.13 Å². The zero-order valence-corrected chi connectivity index (χ0v) is 26.2. The maximum absolute atomic E-state index is 2.46. The van der Waals surface area contributed by atoms with Crippen LogP contribution in [0.1, 0.15) is 0 Å². The van der Waals surface area contributed by atoms with Crippen molar-refractivity contribution in [1.29, 1.82) is 0 Å². The number of para-hydroxylation sites is 4. The topological polar surface area (TPSA) is 9.86 Å². The Kier molecular flexibility index (Phi) is 5.91. The average molecular weight is 611 g/mol. The van der Waals surface area contributed by atoms with Crippen molar-refractivity contribution < 1.29 is 0 Å². The van der Waals surface area contributed by atoms with Gasteiger partial charge in [0.1, 0.15) is 0 Å². The second-order valence-electron chi connectivity index (χ2n) is 12.5. The SMILES string of the molecule is c1ccc(-n2c3ccccc3c3ccc(-c4ccc5c6ccccc6n(-c6ccccc6-c6cccc7ccccc67)c5c4)cc32)cc1. The molecule has 48 heavy (non-hydrogen) atoms. The molecule has 2 nitrogen and oxygen atoms in total. The Labute approximate surface area is 278 Å². The summed E-state index contributed by atoms with van der Waals surface area (Å²) in [5, 5.41) is 7.54. The van der Waals surface area contributed by atoms with Gasteiger partial charge >= 0.3 is 0 Å². The Balaban J connectivity index is 1.23. The molecule has 2 aromatic heterocycles. The fourth-order valence-electron chi connectivity index (χ4n) is 7.77. The second-order valence-corrected chi connectivity index (χ2v) is 12.5. The fourth-order valence-corrected chi connectivity index (χ4v) is 7.77. The standard InChI is InChI=1S/C46H30N2/c1-2-15-34(16-3-1)47-42-22-9-7-19-38(42)40-27-25-32(29-45(40)47)33-26-28-41-39-20-8-11-24-44(39)48(46(41)30-33)43-23-10-6-18-37(43)36-21-12-14-31-13-4-5-17-35(31)36/h1-30H. The monoisotopic (exact) mass is 610 g/mol. The van der Waals surface area contributed by atoms with Gasteiger partial charge in [0.2, 0.25) is 0 Å². The highest BCUT2D eigenvalue weighted by Crippen LogP contribution is 2.40. The predicted molar refractivity (Wildman–Crippen MR) is 203 cm³/mol. The maximum Gasteiger partial charge on any atom is 0.0547 e. The van der Waals surface area contributed by atoms with Crippen molar-refractivity contribution in [2.45, 2.75) is 0 Å². The molecule has 0 fully saturated rings. The van der Waals surface area contributed by atoms with E-state index in [1.54, 1.807) is 0 Å². The normalized spacial score (nSPS) is 11.8. The van der Waals surface area contributed by atoms with Gasteiger partial charge in [0.25, 0.3) is 0 Å². The number of hydrogen-bond donors (Lipinski definition) is 0. The molecule has 10 rings (SSSR count). The van der Waals surface area contributed by atoms with Crippen LogP contribution >= 0.6 is 0 Å². The van der Waals surface area contributed by atoms with Crippen LogP contribution in [0.2, 0.25) is 0 Å². The van der Waals surface area contributed by atoms with E-state index in [4.69, 9.17) is 0 Å². The van der Waals surface area contributed by atoms with Gasteiger partial charge in [-0.15, -0.1) is 0 Å².